The number of aliphatic hydroxyl groups is 4. The van der Waals surface area contributed by atoms with Crippen molar-refractivity contribution in [3.8, 4) is 0 Å². The highest BCUT2D eigenvalue weighted by molar-refractivity contribution is 5.76. The molecule has 0 spiro atoms. The van der Waals surface area contributed by atoms with Crippen molar-refractivity contribution in [2.45, 2.75) is 255 Å². The summed E-state index contributed by atoms with van der Waals surface area (Å²) in [6.45, 7) is 21.6. The summed E-state index contributed by atoms with van der Waals surface area (Å²) in [6, 6.07) is 0. The topological polar surface area (TPSA) is 149 Å². The van der Waals surface area contributed by atoms with Crippen molar-refractivity contribution in [3.63, 3.8) is 0 Å². The van der Waals surface area contributed by atoms with Gasteiger partial charge in [0.15, 0.2) is 0 Å². The van der Waals surface area contributed by atoms with Crippen molar-refractivity contribution >= 4 is 23.1 Å². The van der Waals surface area contributed by atoms with Gasteiger partial charge in [0.05, 0.1) is 24.4 Å². The summed E-state index contributed by atoms with van der Waals surface area (Å²) < 4.78 is 0. The number of carbonyl (C=O) groups excluding carboxylic acids is 4. The molecule has 0 saturated heterocycles. The predicted molar refractivity (Wildman–Crippen MR) is 228 cm³/mol. The average Bonchev–Trinajstić information content (AvgIpc) is 3.04. The third kappa shape index (κ3) is 59.8. The molecule has 5 atom stereocenters. The van der Waals surface area contributed by atoms with Gasteiger partial charge in [-0.1, -0.05) is 151 Å². The molecule has 0 aromatic carbocycles. The second-order valence-electron chi connectivity index (χ2n) is 17.0. The Hall–Kier alpha value is -1.48. The lowest BCUT2D eigenvalue weighted by Gasteiger charge is -2.10. The molecule has 0 bridgehead atoms. The summed E-state index contributed by atoms with van der Waals surface area (Å²) in [5.41, 5.74) is 0. The van der Waals surface area contributed by atoms with E-state index in [1.54, 1.807) is 0 Å². The summed E-state index contributed by atoms with van der Waals surface area (Å²) in [7, 11) is 0. The van der Waals surface area contributed by atoms with Crippen LogP contribution in [-0.2, 0) is 19.2 Å². The van der Waals surface area contributed by atoms with Crippen molar-refractivity contribution in [2.75, 3.05) is 0 Å². The van der Waals surface area contributed by atoms with E-state index in [9.17, 15) is 39.6 Å². The lowest BCUT2D eigenvalue weighted by Crippen LogP contribution is -2.11. The second-order valence-corrected chi connectivity index (χ2v) is 17.0. The molecule has 0 rings (SSSR count). The Morgan fingerprint density at radius 3 is 0.889 bits per heavy atom. The fourth-order valence-electron chi connectivity index (χ4n) is 5.84. The number of Topliss-reactive ketones (excluding diaryl/α,β-unsaturated/α-hetero) is 4. The molecule has 324 valence electrons. The molecule has 54 heavy (non-hydrogen) atoms. The molecule has 0 aliphatic heterocycles. The Bertz CT molecular complexity index is 856. The van der Waals surface area contributed by atoms with E-state index in [0.29, 0.717) is 25.7 Å². The van der Waals surface area contributed by atoms with Gasteiger partial charge in [-0.05, 0) is 71.1 Å². The quantitative estimate of drug-likeness (QED) is 0.0509. The number of hydrogen-bond acceptors (Lipinski definition) is 8. The van der Waals surface area contributed by atoms with Crippen LogP contribution in [0.3, 0.4) is 0 Å². The zero-order chi connectivity index (χ0) is 42.3. The van der Waals surface area contributed by atoms with Crippen molar-refractivity contribution < 1.29 is 39.6 Å². The molecular formula is C46H92O8. The second kappa shape index (κ2) is 42.7. The number of hydrogen-bond donors (Lipinski definition) is 4. The maximum atomic E-state index is 10.7. The highest BCUT2D eigenvalue weighted by Crippen LogP contribution is 2.15. The van der Waals surface area contributed by atoms with E-state index in [4.69, 9.17) is 0 Å². The smallest absolute Gasteiger partial charge is 0.132 e. The molecular weight excluding hydrogens is 680 g/mol. The first-order chi connectivity index (χ1) is 25.3. The fraction of sp³-hybridized carbons (Fsp3) is 0.913. The number of ketones is 4. The number of carbonyl (C=O) groups is 4. The highest BCUT2D eigenvalue weighted by Gasteiger charge is 2.09. The van der Waals surface area contributed by atoms with Crippen LogP contribution in [-0.4, -0.2) is 68.0 Å². The van der Waals surface area contributed by atoms with Gasteiger partial charge >= 0.3 is 0 Å². The van der Waals surface area contributed by atoms with E-state index in [-0.39, 0.29) is 23.1 Å². The maximum Gasteiger partial charge on any atom is 0.132 e. The van der Waals surface area contributed by atoms with Crippen molar-refractivity contribution in [1.82, 2.24) is 0 Å². The summed E-state index contributed by atoms with van der Waals surface area (Å²) in [6.07, 6.45) is 21.6. The van der Waals surface area contributed by atoms with Gasteiger partial charge in [0.25, 0.3) is 0 Å². The normalized spacial score (nSPS) is 13.6. The van der Waals surface area contributed by atoms with E-state index in [1.165, 1.54) is 98.3 Å². The Balaban J connectivity index is -0.000000309. The summed E-state index contributed by atoms with van der Waals surface area (Å²) in [4.78, 5) is 42.6. The molecule has 0 amide bonds. The molecule has 0 radical (unpaired) electrons. The van der Waals surface area contributed by atoms with Crippen LogP contribution in [0.1, 0.15) is 230 Å². The molecule has 0 saturated carbocycles. The molecule has 8 heteroatoms. The summed E-state index contributed by atoms with van der Waals surface area (Å²) in [5.74, 6) is 2.64. The highest BCUT2D eigenvalue weighted by atomic mass is 16.3. The molecule has 5 unspecified atom stereocenters. The van der Waals surface area contributed by atoms with Gasteiger partial charge in [-0.15, -0.1) is 0 Å². The predicted octanol–water partition coefficient (Wildman–Crippen LogP) is 11.1. The minimum Gasteiger partial charge on any atom is -0.393 e. The number of unbranched alkanes of at least 4 members (excludes halogenated alkanes) is 8. The van der Waals surface area contributed by atoms with Crippen LogP contribution >= 0.6 is 0 Å². The van der Waals surface area contributed by atoms with Crippen molar-refractivity contribution in [2.24, 2.45) is 17.8 Å². The monoisotopic (exact) mass is 773 g/mol. The number of rotatable bonds is 31. The van der Waals surface area contributed by atoms with E-state index in [2.05, 4.69) is 48.5 Å². The van der Waals surface area contributed by atoms with Gasteiger partial charge in [-0.2, -0.15) is 0 Å². The van der Waals surface area contributed by atoms with Crippen LogP contribution in [0.4, 0.5) is 0 Å². The molecule has 8 nitrogen and oxygen atoms in total. The zero-order valence-corrected chi connectivity index (χ0v) is 37.4. The van der Waals surface area contributed by atoms with Crippen LogP contribution in [0.5, 0.6) is 0 Å². The van der Waals surface area contributed by atoms with E-state index < -0.39 is 24.4 Å². The maximum absolute atomic E-state index is 10.7. The standard InChI is InChI=1S/2C12H24O2.2C11H22O2/c1-10(2)7-5-4-6-8-12(14)9-11(3)13;1-4-10(2)7-5-6-8-12(14)9-11(3)13;1-9(2)6-4-5-7-11(13)8-10(3)12;1-3-4-5-6-7-8-11(13)9-10(2)12/h2*10,12,14H,4-9H2,1-3H3;9,11,13H,4-8H2,1-3H3;11,13H,3-9H2,1-2H3. The van der Waals surface area contributed by atoms with Crippen LogP contribution < -0.4 is 0 Å². The molecule has 0 aromatic rings. The van der Waals surface area contributed by atoms with E-state index in [0.717, 1.165) is 75.5 Å². The van der Waals surface area contributed by atoms with Crippen LogP contribution in [0.15, 0.2) is 0 Å². The fourth-order valence-corrected chi connectivity index (χ4v) is 5.84. The Labute approximate surface area is 334 Å². The average molecular weight is 773 g/mol. The summed E-state index contributed by atoms with van der Waals surface area (Å²) >= 11 is 0. The number of aliphatic hydroxyl groups excluding tert-OH is 4. The minimum absolute atomic E-state index is 0.0800. The van der Waals surface area contributed by atoms with Gasteiger partial charge < -0.3 is 20.4 Å². The van der Waals surface area contributed by atoms with E-state index >= 15 is 0 Å². The molecule has 0 fully saturated rings. The van der Waals surface area contributed by atoms with Crippen LogP contribution in [0, 0.1) is 17.8 Å². The van der Waals surface area contributed by atoms with Crippen molar-refractivity contribution in [1.29, 1.82) is 0 Å². The molecule has 0 heterocycles. The first-order valence-electron chi connectivity index (χ1n) is 22.0. The minimum atomic E-state index is -0.413. The van der Waals surface area contributed by atoms with Gasteiger partial charge in [-0.3, -0.25) is 19.2 Å². The zero-order valence-electron chi connectivity index (χ0n) is 37.4. The van der Waals surface area contributed by atoms with Gasteiger partial charge in [0, 0.05) is 25.7 Å². The van der Waals surface area contributed by atoms with Crippen LogP contribution in [0.2, 0.25) is 0 Å². The third-order valence-electron chi connectivity index (χ3n) is 9.30. The Morgan fingerprint density at radius 1 is 0.370 bits per heavy atom. The molecule has 0 aliphatic rings. The van der Waals surface area contributed by atoms with E-state index in [1.807, 2.05) is 0 Å². The third-order valence-corrected chi connectivity index (χ3v) is 9.30. The Kier molecular flexibility index (Phi) is 46.8. The first-order valence-corrected chi connectivity index (χ1v) is 22.0. The lowest BCUT2D eigenvalue weighted by molar-refractivity contribution is -0.119. The van der Waals surface area contributed by atoms with Gasteiger partial charge in [0.1, 0.15) is 23.1 Å². The molecule has 0 aromatic heterocycles. The molecule has 0 aliphatic carbocycles. The largest absolute Gasteiger partial charge is 0.393 e. The summed E-state index contributed by atoms with van der Waals surface area (Å²) in [5, 5.41) is 37.5. The van der Waals surface area contributed by atoms with Gasteiger partial charge in [-0.25, -0.2) is 0 Å². The molecule has 4 N–H and O–H groups in total. The lowest BCUT2D eigenvalue weighted by atomic mass is 9.99. The van der Waals surface area contributed by atoms with Gasteiger partial charge in [0.2, 0.25) is 0 Å². The van der Waals surface area contributed by atoms with Crippen LogP contribution in [0.25, 0.3) is 0 Å². The Morgan fingerprint density at radius 2 is 0.611 bits per heavy atom. The first kappa shape index (κ1) is 59.2. The van der Waals surface area contributed by atoms with Crippen molar-refractivity contribution in [3.05, 3.63) is 0 Å². The SMILES string of the molecule is CC(=O)CC(O)CCCCC(C)C.CC(=O)CC(O)CCCCCC(C)C.CCC(C)CCCCC(O)CC(C)=O.CCCCCCCC(O)CC(C)=O.